The third-order valence-electron chi connectivity index (χ3n) is 3.50. The molecule has 0 aliphatic heterocycles. The van der Waals surface area contributed by atoms with Crippen LogP contribution in [0, 0.1) is 0 Å². The highest BCUT2D eigenvalue weighted by molar-refractivity contribution is 7.17. The molecule has 7 nitrogen and oxygen atoms in total. The number of thiazole rings is 1. The van der Waals surface area contributed by atoms with Crippen molar-refractivity contribution in [3.63, 3.8) is 0 Å². The molecule has 0 aromatic carbocycles. The van der Waals surface area contributed by atoms with Gasteiger partial charge in [0.05, 0.1) is 16.8 Å². The minimum absolute atomic E-state index is 0.0887. The van der Waals surface area contributed by atoms with Crippen molar-refractivity contribution < 1.29 is 18.5 Å². The van der Waals surface area contributed by atoms with Gasteiger partial charge in [-0.2, -0.15) is 0 Å². The molecule has 0 radical (unpaired) electrons. The fourth-order valence-electron chi connectivity index (χ4n) is 2.40. The van der Waals surface area contributed by atoms with Crippen molar-refractivity contribution in [1.82, 2.24) is 10.1 Å². The molecule has 8 heteroatoms. The summed E-state index contributed by atoms with van der Waals surface area (Å²) in [6, 6.07) is 4.92. The number of anilines is 1. The Hall–Kier alpha value is -2.74. The minimum atomic E-state index is -0.440. The lowest BCUT2D eigenvalue weighted by atomic mass is 10.0. The number of rotatable bonds is 3. The molecule has 0 atom stereocenters. The van der Waals surface area contributed by atoms with Crippen molar-refractivity contribution in [2.24, 2.45) is 0 Å². The second kappa shape index (κ2) is 5.47. The molecule has 1 aliphatic carbocycles. The predicted molar refractivity (Wildman–Crippen MR) is 81.5 cm³/mol. The summed E-state index contributed by atoms with van der Waals surface area (Å²) in [6.07, 6.45) is 3.62. The van der Waals surface area contributed by atoms with Gasteiger partial charge in [-0.05, 0) is 25.0 Å². The van der Waals surface area contributed by atoms with Gasteiger partial charge in [-0.25, -0.2) is 4.98 Å². The summed E-state index contributed by atoms with van der Waals surface area (Å²) in [6.45, 7) is 0. The zero-order chi connectivity index (χ0) is 15.8. The number of aromatic nitrogens is 2. The van der Waals surface area contributed by atoms with E-state index in [4.69, 9.17) is 8.94 Å². The van der Waals surface area contributed by atoms with Crippen LogP contribution in [-0.2, 0) is 6.42 Å². The second-order valence-corrected chi connectivity index (χ2v) is 6.08. The highest BCUT2D eigenvalue weighted by Gasteiger charge is 2.23. The molecular formula is C15H11N3O4S. The number of ketones is 1. The fourth-order valence-corrected chi connectivity index (χ4v) is 3.38. The van der Waals surface area contributed by atoms with E-state index in [2.05, 4.69) is 15.5 Å². The van der Waals surface area contributed by atoms with Crippen molar-refractivity contribution in [3.05, 3.63) is 40.7 Å². The second-order valence-electron chi connectivity index (χ2n) is 5.08. The molecule has 0 spiro atoms. The average Bonchev–Trinajstić information content (AvgIpc) is 3.27. The average molecular weight is 329 g/mol. The number of nitrogens with one attached hydrogen (secondary N) is 1. The van der Waals surface area contributed by atoms with E-state index in [0.29, 0.717) is 28.0 Å². The van der Waals surface area contributed by atoms with E-state index < -0.39 is 5.91 Å². The van der Waals surface area contributed by atoms with Crippen molar-refractivity contribution in [2.45, 2.75) is 19.3 Å². The van der Waals surface area contributed by atoms with Gasteiger partial charge in [0, 0.05) is 12.5 Å². The van der Waals surface area contributed by atoms with Crippen LogP contribution in [0.25, 0.3) is 11.5 Å². The molecule has 3 heterocycles. The smallest absolute Gasteiger partial charge is 0.279 e. The van der Waals surface area contributed by atoms with E-state index in [0.717, 1.165) is 18.5 Å². The summed E-state index contributed by atoms with van der Waals surface area (Å²) < 4.78 is 10.3. The third-order valence-corrected chi connectivity index (χ3v) is 4.55. The van der Waals surface area contributed by atoms with Gasteiger partial charge >= 0.3 is 0 Å². The molecule has 4 rings (SSSR count). The summed E-state index contributed by atoms with van der Waals surface area (Å²) in [7, 11) is 0. The number of carbonyl (C=O) groups is 2. The van der Waals surface area contributed by atoms with Gasteiger partial charge in [-0.1, -0.05) is 16.5 Å². The van der Waals surface area contributed by atoms with E-state index in [-0.39, 0.29) is 11.5 Å². The van der Waals surface area contributed by atoms with Gasteiger partial charge in [0.15, 0.2) is 22.4 Å². The zero-order valence-corrected chi connectivity index (χ0v) is 12.7. The summed E-state index contributed by atoms with van der Waals surface area (Å²) in [5.41, 5.74) is 0.883. The maximum atomic E-state index is 12.2. The summed E-state index contributed by atoms with van der Waals surface area (Å²) in [5, 5.41) is 6.79. The van der Waals surface area contributed by atoms with Crippen LogP contribution in [0.5, 0.6) is 0 Å². The quantitative estimate of drug-likeness (QED) is 0.792. The number of nitrogens with zero attached hydrogens (tertiary/aromatic N) is 2. The van der Waals surface area contributed by atoms with Crippen molar-refractivity contribution in [1.29, 1.82) is 0 Å². The Balaban J connectivity index is 1.53. The molecule has 23 heavy (non-hydrogen) atoms. The molecule has 1 N–H and O–H groups in total. The predicted octanol–water partition coefficient (Wildman–Crippen LogP) is 3.16. The van der Waals surface area contributed by atoms with Crippen LogP contribution in [0.3, 0.4) is 0 Å². The third kappa shape index (κ3) is 2.57. The number of aryl methyl sites for hydroxylation is 1. The highest BCUT2D eigenvalue weighted by Crippen LogP contribution is 2.30. The van der Waals surface area contributed by atoms with E-state index in [1.54, 1.807) is 12.1 Å². The highest BCUT2D eigenvalue weighted by atomic mass is 32.1. The van der Waals surface area contributed by atoms with E-state index in [1.807, 2.05) is 0 Å². The molecule has 1 aliphatic rings. The first kappa shape index (κ1) is 13.9. The first-order valence-electron chi connectivity index (χ1n) is 7.05. The van der Waals surface area contributed by atoms with Crippen molar-refractivity contribution >= 4 is 28.2 Å². The molecule has 3 aromatic heterocycles. The van der Waals surface area contributed by atoms with E-state index in [1.165, 1.54) is 23.7 Å². The number of fused-ring (bicyclic) bond motifs is 1. The van der Waals surface area contributed by atoms with Crippen LogP contribution in [-0.4, -0.2) is 21.8 Å². The van der Waals surface area contributed by atoms with E-state index in [9.17, 15) is 9.59 Å². The lowest BCUT2D eigenvalue weighted by Gasteiger charge is -2.05. The number of carbonyl (C=O) groups excluding carboxylic acids is 2. The van der Waals surface area contributed by atoms with Crippen LogP contribution in [0.4, 0.5) is 5.13 Å². The first-order valence-corrected chi connectivity index (χ1v) is 7.87. The van der Waals surface area contributed by atoms with Crippen LogP contribution in [0.1, 0.15) is 38.7 Å². The van der Waals surface area contributed by atoms with Crippen LogP contribution < -0.4 is 5.32 Å². The van der Waals surface area contributed by atoms with Gasteiger partial charge in [-0.3, -0.25) is 14.9 Å². The molecule has 3 aromatic rings. The molecule has 1 amide bonds. The van der Waals surface area contributed by atoms with Gasteiger partial charge in [-0.15, -0.1) is 0 Å². The molecular weight excluding hydrogens is 318 g/mol. The lowest BCUT2D eigenvalue weighted by Crippen LogP contribution is -2.12. The molecule has 0 fully saturated rings. The van der Waals surface area contributed by atoms with E-state index >= 15 is 0 Å². The standard InChI is InChI=1S/C15H11N3O4S/c19-10-4-1-3-8-13(10)23-15(16-8)17-14(20)9-7-12(22-18-9)11-5-2-6-21-11/h2,5-7H,1,3-4H2,(H,16,17,20). The van der Waals surface area contributed by atoms with Gasteiger partial charge in [0.1, 0.15) is 0 Å². The monoisotopic (exact) mass is 329 g/mol. The Kier molecular flexibility index (Phi) is 3.30. The maximum Gasteiger partial charge on any atom is 0.279 e. The van der Waals surface area contributed by atoms with Crippen molar-refractivity contribution in [3.8, 4) is 11.5 Å². The van der Waals surface area contributed by atoms with Crippen molar-refractivity contribution in [2.75, 3.05) is 5.32 Å². The summed E-state index contributed by atoms with van der Waals surface area (Å²) >= 11 is 1.20. The number of hydrogen-bond donors (Lipinski definition) is 1. The number of hydrogen-bond acceptors (Lipinski definition) is 7. The topological polar surface area (TPSA) is 98.2 Å². The minimum Gasteiger partial charge on any atom is -0.461 e. The SMILES string of the molecule is O=C(Nc1nc2c(s1)C(=O)CCC2)c1cc(-c2ccco2)on1. The first-order chi connectivity index (χ1) is 11.2. The molecule has 0 unspecified atom stereocenters. The zero-order valence-electron chi connectivity index (χ0n) is 11.9. The summed E-state index contributed by atoms with van der Waals surface area (Å²) in [5.74, 6) is 0.511. The Bertz CT molecular complexity index is 879. The Labute approximate surface area is 134 Å². The molecule has 0 saturated heterocycles. The number of Topliss-reactive ketones (excluding diaryl/α,β-unsaturated/α-hetero) is 1. The van der Waals surface area contributed by atoms with Gasteiger partial charge in [0.2, 0.25) is 5.76 Å². The molecule has 0 bridgehead atoms. The normalized spacial score (nSPS) is 13.8. The Morgan fingerprint density at radius 3 is 3.00 bits per heavy atom. The van der Waals surface area contributed by atoms with Crippen LogP contribution in [0.15, 0.2) is 33.4 Å². The Morgan fingerprint density at radius 2 is 2.22 bits per heavy atom. The maximum absolute atomic E-state index is 12.2. The summed E-state index contributed by atoms with van der Waals surface area (Å²) in [4.78, 5) is 29.0. The molecule has 116 valence electrons. The van der Waals surface area contributed by atoms with Crippen LogP contribution in [0.2, 0.25) is 0 Å². The molecule has 0 saturated carbocycles. The largest absolute Gasteiger partial charge is 0.461 e. The van der Waals surface area contributed by atoms with Gasteiger partial charge in [0.25, 0.3) is 5.91 Å². The lowest BCUT2D eigenvalue weighted by molar-refractivity contribution is 0.0974. The Morgan fingerprint density at radius 1 is 1.30 bits per heavy atom. The van der Waals surface area contributed by atoms with Crippen LogP contribution >= 0.6 is 11.3 Å². The van der Waals surface area contributed by atoms with Gasteiger partial charge < -0.3 is 8.94 Å². The number of amides is 1. The number of furan rings is 1. The fraction of sp³-hybridized carbons (Fsp3) is 0.200.